The van der Waals surface area contributed by atoms with Crippen LogP contribution in [0.5, 0.6) is 0 Å². The van der Waals surface area contributed by atoms with Crippen LogP contribution in [0.15, 0.2) is 0 Å². The van der Waals surface area contributed by atoms with Gasteiger partial charge in [0.05, 0.1) is 5.75 Å². The van der Waals surface area contributed by atoms with Crippen LogP contribution in [0.3, 0.4) is 0 Å². The van der Waals surface area contributed by atoms with Gasteiger partial charge in [0.15, 0.2) is 0 Å². The first-order valence-corrected chi connectivity index (χ1v) is 9.69. The molecule has 0 aromatic carbocycles. The summed E-state index contributed by atoms with van der Waals surface area (Å²) in [6.45, 7) is 11.0. The third-order valence-corrected chi connectivity index (χ3v) is 6.17. The highest BCUT2D eigenvalue weighted by molar-refractivity contribution is 7.89. The maximum absolute atomic E-state index is 12.2. The molecule has 1 N–H and O–H groups in total. The van der Waals surface area contributed by atoms with Crippen LogP contribution >= 0.6 is 0 Å². The highest BCUT2D eigenvalue weighted by Gasteiger charge is 2.29. The van der Waals surface area contributed by atoms with E-state index in [9.17, 15) is 8.42 Å². The van der Waals surface area contributed by atoms with Gasteiger partial charge in [-0.1, -0.05) is 20.8 Å². The molecule has 0 aromatic heterocycles. The molecule has 0 radical (unpaired) electrons. The number of hydrogen-bond donors (Lipinski definition) is 1. The van der Waals surface area contributed by atoms with E-state index in [2.05, 4.69) is 33.0 Å². The lowest BCUT2D eigenvalue weighted by atomic mass is 9.91. The van der Waals surface area contributed by atoms with E-state index in [1.54, 1.807) is 4.31 Å². The van der Waals surface area contributed by atoms with E-state index in [1.807, 2.05) is 0 Å². The molecule has 120 valence electrons. The number of rotatable bonds is 8. The number of hydrogen-bond acceptors (Lipinski definition) is 3. The summed E-state index contributed by atoms with van der Waals surface area (Å²) in [5.74, 6) is 1.36. The first-order valence-electron chi connectivity index (χ1n) is 8.08. The van der Waals surface area contributed by atoms with Gasteiger partial charge in [-0.15, -0.1) is 0 Å². The Kier molecular flexibility index (Phi) is 7.48. The molecule has 20 heavy (non-hydrogen) atoms. The third kappa shape index (κ3) is 5.70. The Morgan fingerprint density at radius 2 is 1.80 bits per heavy atom. The van der Waals surface area contributed by atoms with Crippen LogP contribution in [0.25, 0.3) is 0 Å². The molecule has 4 nitrogen and oxygen atoms in total. The van der Waals surface area contributed by atoms with Crippen LogP contribution in [0.2, 0.25) is 0 Å². The second-order valence-electron chi connectivity index (χ2n) is 6.48. The molecule has 0 amide bonds. The molecule has 1 heterocycles. The highest BCUT2D eigenvalue weighted by atomic mass is 32.2. The quantitative estimate of drug-likeness (QED) is 0.749. The summed E-state index contributed by atoms with van der Waals surface area (Å²) in [5.41, 5.74) is 0. The number of nitrogens with zero attached hydrogens (tertiary/aromatic N) is 1. The zero-order chi connectivity index (χ0) is 15.2. The first-order chi connectivity index (χ1) is 9.36. The van der Waals surface area contributed by atoms with Crippen molar-refractivity contribution in [3.63, 3.8) is 0 Å². The highest BCUT2D eigenvalue weighted by Crippen LogP contribution is 2.23. The summed E-state index contributed by atoms with van der Waals surface area (Å²) < 4.78 is 26.2. The average molecular weight is 305 g/mol. The Morgan fingerprint density at radius 3 is 2.30 bits per heavy atom. The fourth-order valence-corrected chi connectivity index (χ4v) is 4.50. The molecule has 1 fully saturated rings. The van der Waals surface area contributed by atoms with Gasteiger partial charge in [-0.05, 0) is 51.0 Å². The molecule has 1 unspecified atom stereocenters. The van der Waals surface area contributed by atoms with E-state index in [1.165, 1.54) is 0 Å². The summed E-state index contributed by atoms with van der Waals surface area (Å²) in [6, 6.07) is 0.496. The lowest BCUT2D eigenvalue weighted by molar-refractivity contribution is 0.231. The zero-order valence-corrected chi connectivity index (χ0v) is 14.4. The largest absolute Gasteiger partial charge is 0.314 e. The topological polar surface area (TPSA) is 49.4 Å². The maximum atomic E-state index is 12.2. The predicted molar refractivity (Wildman–Crippen MR) is 85.3 cm³/mol. The van der Waals surface area contributed by atoms with Crippen molar-refractivity contribution in [3.05, 3.63) is 0 Å². The van der Waals surface area contributed by atoms with Crippen molar-refractivity contribution in [2.24, 2.45) is 11.8 Å². The Balaban J connectivity index is 2.41. The van der Waals surface area contributed by atoms with Crippen molar-refractivity contribution in [1.29, 1.82) is 0 Å². The lowest BCUT2D eigenvalue weighted by Gasteiger charge is -2.34. The van der Waals surface area contributed by atoms with Crippen molar-refractivity contribution in [3.8, 4) is 0 Å². The first kappa shape index (κ1) is 17.9. The van der Waals surface area contributed by atoms with Gasteiger partial charge in [-0.2, -0.15) is 0 Å². The van der Waals surface area contributed by atoms with Crippen molar-refractivity contribution < 1.29 is 8.42 Å². The molecule has 0 aromatic rings. The van der Waals surface area contributed by atoms with Gasteiger partial charge in [-0.25, -0.2) is 12.7 Å². The normalized spacial score (nSPS) is 20.4. The van der Waals surface area contributed by atoms with Gasteiger partial charge in [0.1, 0.15) is 0 Å². The lowest BCUT2D eigenvalue weighted by Crippen LogP contribution is -2.44. The van der Waals surface area contributed by atoms with Gasteiger partial charge in [0, 0.05) is 19.1 Å². The molecule has 1 saturated heterocycles. The molecule has 1 aliphatic heterocycles. The van der Waals surface area contributed by atoms with E-state index in [0.29, 0.717) is 36.7 Å². The molecule has 0 bridgehead atoms. The minimum absolute atomic E-state index is 0.305. The second-order valence-corrected chi connectivity index (χ2v) is 8.57. The van der Waals surface area contributed by atoms with Crippen LogP contribution in [-0.4, -0.2) is 44.2 Å². The number of nitrogens with one attached hydrogen (secondary N) is 1. The molecule has 1 aliphatic rings. The smallest absolute Gasteiger partial charge is 0.214 e. The van der Waals surface area contributed by atoms with E-state index in [4.69, 9.17) is 0 Å². The maximum Gasteiger partial charge on any atom is 0.214 e. The molecular weight excluding hydrogens is 272 g/mol. The summed E-state index contributed by atoms with van der Waals surface area (Å²) >= 11 is 0. The van der Waals surface area contributed by atoms with Crippen LogP contribution in [0.4, 0.5) is 0 Å². The molecular formula is C15H32N2O2S. The van der Waals surface area contributed by atoms with Gasteiger partial charge >= 0.3 is 0 Å². The monoisotopic (exact) mass is 304 g/mol. The van der Waals surface area contributed by atoms with Crippen molar-refractivity contribution >= 4 is 10.0 Å². The van der Waals surface area contributed by atoms with E-state index < -0.39 is 10.0 Å². The Hall–Kier alpha value is -0.130. The number of piperidine rings is 1. The molecule has 0 aliphatic carbocycles. The molecule has 0 spiro atoms. The van der Waals surface area contributed by atoms with Crippen LogP contribution in [0, 0.1) is 11.8 Å². The Bertz CT molecular complexity index is 360. The minimum atomic E-state index is -3.03. The fraction of sp³-hybridized carbons (Fsp3) is 1.00. The van der Waals surface area contributed by atoms with Gasteiger partial charge in [-0.3, -0.25) is 0 Å². The van der Waals surface area contributed by atoms with Gasteiger partial charge < -0.3 is 5.32 Å². The van der Waals surface area contributed by atoms with Crippen molar-refractivity contribution in [2.45, 2.75) is 59.4 Å². The van der Waals surface area contributed by atoms with Gasteiger partial charge in [0.2, 0.25) is 10.0 Å². The third-order valence-electron chi connectivity index (χ3n) is 4.27. The minimum Gasteiger partial charge on any atom is -0.314 e. The van der Waals surface area contributed by atoms with E-state index in [-0.39, 0.29) is 0 Å². The van der Waals surface area contributed by atoms with Crippen molar-refractivity contribution in [2.75, 3.05) is 25.4 Å². The molecule has 0 saturated carbocycles. The SMILES string of the molecule is CCCNC(C)C1CCN(S(=O)(=O)CCC(C)C)CC1. The standard InChI is InChI=1S/C15H32N2O2S/c1-5-9-16-14(4)15-6-10-17(11-7-15)20(18,19)12-8-13(2)3/h13-16H,5-12H2,1-4H3. The summed E-state index contributed by atoms with van der Waals surface area (Å²) in [7, 11) is -3.03. The second kappa shape index (κ2) is 8.35. The van der Waals surface area contributed by atoms with Crippen LogP contribution in [-0.2, 0) is 10.0 Å². The predicted octanol–water partition coefficient (Wildman–Crippen LogP) is 2.46. The summed E-state index contributed by atoms with van der Waals surface area (Å²) in [4.78, 5) is 0. The summed E-state index contributed by atoms with van der Waals surface area (Å²) in [5, 5.41) is 3.53. The molecule has 1 rings (SSSR count). The van der Waals surface area contributed by atoms with Gasteiger partial charge in [0.25, 0.3) is 0 Å². The Morgan fingerprint density at radius 1 is 1.20 bits per heavy atom. The average Bonchev–Trinajstić information content (AvgIpc) is 2.43. The fourth-order valence-electron chi connectivity index (χ4n) is 2.71. The van der Waals surface area contributed by atoms with Crippen molar-refractivity contribution in [1.82, 2.24) is 9.62 Å². The molecule has 5 heteroatoms. The van der Waals surface area contributed by atoms with E-state index >= 15 is 0 Å². The van der Waals surface area contributed by atoms with Crippen LogP contribution in [0.1, 0.15) is 53.4 Å². The molecule has 1 atom stereocenters. The zero-order valence-electron chi connectivity index (χ0n) is 13.6. The Labute approximate surface area is 125 Å². The number of sulfonamides is 1. The van der Waals surface area contributed by atoms with Crippen LogP contribution < -0.4 is 5.32 Å². The van der Waals surface area contributed by atoms with E-state index in [0.717, 1.165) is 32.2 Å². The summed E-state index contributed by atoms with van der Waals surface area (Å²) in [6.07, 6.45) is 3.88.